The van der Waals surface area contributed by atoms with E-state index in [1.165, 1.54) is 6.20 Å². The molecule has 0 saturated heterocycles. The number of aromatic nitrogens is 2. The van der Waals surface area contributed by atoms with E-state index in [9.17, 15) is 0 Å². The van der Waals surface area contributed by atoms with Gasteiger partial charge in [-0.1, -0.05) is 6.58 Å². The van der Waals surface area contributed by atoms with Crippen LogP contribution in [0.15, 0.2) is 12.8 Å². The van der Waals surface area contributed by atoms with E-state index in [0.717, 1.165) is 0 Å². The van der Waals surface area contributed by atoms with Crippen LogP contribution in [0.4, 0.5) is 5.82 Å². The molecule has 0 aliphatic rings. The van der Waals surface area contributed by atoms with Gasteiger partial charge in [-0.2, -0.15) is 5.10 Å². The molecule has 0 saturated carbocycles. The first-order chi connectivity index (χ1) is 4.22. The van der Waals surface area contributed by atoms with E-state index < -0.39 is 0 Å². The minimum Gasteiger partial charge on any atom is -0.508 e. The zero-order valence-corrected chi connectivity index (χ0v) is 4.76. The highest BCUT2D eigenvalue weighted by Crippen LogP contribution is 2.12. The zero-order valence-electron chi connectivity index (χ0n) is 4.76. The molecule has 0 fully saturated rings. The second kappa shape index (κ2) is 1.81. The van der Waals surface area contributed by atoms with Crippen LogP contribution in [-0.4, -0.2) is 15.3 Å². The zero-order chi connectivity index (χ0) is 6.85. The van der Waals surface area contributed by atoms with Gasteiger partial charge in [0, 0.05) is 0 Å². The lowest BCUT2D eigenvalue weighted by Gasteiger charge is -1.91. The summed E-state index contributed by atoms with van der Waals surface area (Å²) in [5.41, 5.74) is 5.76. The van der Waals surface area contributed by atoms with E-state index in [4.69, 9.17) is 10.8 Å². The molecule has 4 N–H and O–H groups in total. The van der Waals surface area contributed by atoms with Gasteiger partial charge in [0.2, 0.25) is 0 Å². The molecule has 0 aliphatic carbocycles. The van der Waals surface area contributed by atoms with Gasteiger partial charge in [0.15, 0.2) is 0 Å². The first-order valence-electron chi connectivity index (χ1n) is 2.39. The predicted molar refractivity (Wildman–Crippen MR) is 34.7 cm³/mol. The molecule has 4 nitrogen and oxygen atoms in total. The van der Waals surface area contributed by atoms with E-state index in [-0.39, 0.29) is 5.76 Å². The lowest BCUT2D eigenvalue weighted by atomic mass is 10.3. The van der Waals surface area contributed by atoms with Gasteiger partial charge in [0.25, 0.3) is 0 Å². The number of H-pyrrole nitrogens is 1. The summed E-state index contributed by atoms with van der Waals surface area (Å²) in [6, 6.07) is 0. The number of nitrogens with one attached hydrogen (secondary N) is 1. The molecule has 1 aromatic rings. The van der Waals surface area contributed by atoms with E-state index in [2.05, 4.69) is 16.8 Å². The molecule has 0 unspecified atom stereocenters. The summed E-state index contributed by atoms with van der Waals surface area (Å²) in [5, 5.41) is 14.8. The van der Waals surface area contributed by atoms with Crippen molar-refractivity contribution in [1.82, 2.24) is 10.2 Å². The van der Waals surface area contributed by atoms with Crippen molar-refractivity contribution < 1.29 is 5.11 Å². The fourth-order valence-corrected chi connectivity index (χ4v) is 0.526. The monoisotopic (exact) mass is 125 g/mol. The van der Waals surface area contributed by atoms with Crippen molar-refractivity contribution >= 4 is 11.6 Å². The lowest BCUT2D eigenvalue weighted by Crippen LogP contribution is -1.88. The van der Waals surface area contributed by atoms with Gasteiger partial charge in [0.1, 0.15) is 11.6 Å². The molecule has 0 spiro atoms. The van der Waals surface area contributed by atoms with Crippen LogP contribution in [0.5, 0.6) is 0 Å². The number of hydrogen-bond acceptors (Lipinski definition) is 3. The smallest absolute Gasteiger partial charge is 0.129 e. The van der Waals surface area contributed by atoms with Crippen molar-refractivity contribution in [3.05, 3.63) is 18.3 Å². The molecule has 0 aromatic carbocycles. The van der Waals surface area contributed by atoms with Gasteiger partial charge in [0.05, 0.1) is 11.8 Å². The molecule has 0 bridgehead atoms. The Balaban J connectivity index is 3.08. The third kappa shape index (κ3) is 0.861. The van der Waals surface area contributed by atoms with Gasteiger partial charge in [-0.25, -0.2) is 0 Å². The molecule has 0 radical (unpaired) electrons. The van der Waals surface area contributed by atoms with Crippen molar-refractivity contribution in [2.75, 3.05) is 5.73 Å². The summed E-state index contributed by atoms with van der Waals surface area (Å²) in [6.07, 6.45) is 1.41. The Hall–Kier alpha value is -1.45. The third-order valence-electron chi connectivity index (χ3n) is 0.980. The second-order valence-electron chi connectivity index (χ2n) is 1.64. The Morgan fingerprint density at radius 1 is 1.89 bits per heavy atom. The molecule has 0 atom stereocenters. The van der Waals surface area contributed by atoms with Crippen molar-refractivity contribution in [2.24, 2.45) is 0 Å². The molecule has 0 amide bonds. The quantitative estimate of drug-likeness (QED) is 0.479. The second-order valence-corrected chi connectivity index (χ2v) is 1.64. The Morgan fingerprint density at radius 2 is 2.56 bits per heavy atom. The summed E-state index contributed by atoms with van der Waals surface area (Å²) in [6.45, 7) is 3.27. The van der Waals surface area contributed by atoms with Gasteiger partial charge < -0.3 is 10.8 Å². The molecule has 9 heavy (non-hydrogen) atoms. The Bertz CT molecular complexity index is 228. The molecule has 0 aliphatic heterocycles. The van der Waals surface area contributed by atoms with E-state index in [1.54, 1.807) is 0 Å². The van der Waals surface area contributed by atoms with Crippen LogP contribution in [0.2, 0.25) is 0 Å². The van der Waals surface area contributed by atoms with Gasteiger partial charge in [-0.05, 0) is 0 Å². The number of nitrogens with two attached hydrogens (primary N) is 1. The number of anilines is 1. The number of hydrogen-bond donors (Lipinski definition) is 3. The number of nitrogen functional groups attached to an aromatic ring is 1. The average molecular weight is 125 g/mol. The number of aromatic amines is 1. The maximum Gasteiger partial charge on any atom is 0.129 e. The third-order valence-corrected chi connectivity index (χ3v) is 0.980. The first-order valence-corrected chi connectivity index (χ1v) is 2.39. The summed E-state index contributed by atoms with van der Waals surface area (Å²) >= 11 is 0. The van der Waals surface area contributed by atoms with Crippen LogP contribution < -0.4 is 5.73 Å². The Morgan fingerprint density at radius 3 is 2.78 bits per heavy atom. The molecule has 1 aromatic heterocycles. The van der Waals surface area contributed by atoms with Crippen molar-refractivity contribution in [3.63, 3.8) is 0 Å². The summed E-state index contributed by atoms with van der Waals surface area (Å²) in [4.78, 5) is 0. The van der Waals surface area contributed by atoms with E-state index in [1.807, 2.05) is 0 Å². The van der Waals surface area contributed by atoms with Gasteiger partial charge in [-0.15, -0.1) is 0 Å². The van der Waals surface area contributed by atoms with E-state index in [0.29, 0.717) is 11.4 Å². The molecule has 4 heteroatoms. The number of aliphatic hydroxyl groups is 1. The largest absolute Gasteiger partial charge is 0.508 e. The van der Waals surface area contributed by atoms with Crippen LogP contribution in [0.1, 0.15) is 5.56 Å². The molecular weight excluding hydrogens is 118 g/mol. The number of aliphatic hydroxyl groups excluding tert-OH is 1. The maximum absolute atomic E-state index is 8.76. The van der Waals surface area contributed by atoms with Crippen molar-refractivity contribution in [3.8, 4) is 0 Å². The van der Waals surface area contributed by atoms with Crippen LogP contribution in [0.25, 0.3) is 5.76 Å². The first kappa shape index (κ1) is 5.68. The molecule has 1 rings (SSSR count). The normalized spacial score (nSPS) is 9.33. The molecule has 48 valence electrons. The fraction of sp³-hybridized carbons (Fsp3) is 0. The van der Waals surface area contributed by atoms with Gasteiger partial charge in [-0.3, -0.25) is 5.10 Å². The van der Waals surface area contributed by atoms with Crippen LogP contribution in [0, 0.1) is 0 Å². The van der Waals surface area contributed by atoms with Crippen LogP contribution in [-0.2, 0) is 0 Å². The van der Waals surface area contributed by atoms with Crippen molar-refractivity contribution in [1.29, 1.82) is 0 Å². The topological polar surface area (TPSA) is 74.9 Å². The summed E-state index contributed by atoms with van der Waals surface area (Å²) < 4.78 is 0. The lowest BCUT2D eigenvalue weighted by molar-refractivity contribution is 0.514. The molecule has 1 heterocycles. The maximum atomic E-state index is 8.76. The minimum absolute atomic E-state index is 0.0683. The predicted octanol–water partition coefficient (Wildman–Crippen LogP) is 0.521. The SMILES string of the molecule is C=C(O)c1cn[nH]c1N. The summed E-state index contributed by atoms with van der Waals surface area (Å²) in [5.74, 6) is 0.267. The van der Waals surface area contributed by atoms with Crippen LogP contribution in [0.3, 0.4) is 0 Å². The Labute approximate surface area is 52.0 Å². The van der Waals surface area contributed by atoms with Gasteiger partial charge >= 0.3 is 0 Å². The number of nitrogens with zero attached hydrogens (tertiary/aromatic N) is 1. The van der Waals surface area contributed by atoms with Crippen molar-refractivity contribution in [2.45, 2.75) is 0 Å². The molecular formula is C5H7N3O. The standard InChI is InChI=1S/C5H7N3O/c1-3(9)4-2-7-8-5(4)6/h2,9H,1H2,(H3,6,7,8). The highest BCUT2D eigenvalue weighted by molar-refractivity contribution is 5.64. The van der Waals surface area contributed by atoms with E-state index >= 15 is 0 Å². The number of rotatable bonds is 1. The highest BCUT2D eigenvalue weighted by Gasteiger charge is 2.01. The summed E-state index contributed by atoms with van der Waals surface area (Å²) in [7, 11) is 0. The average Bonchev–Trinajstić information content (AvgIpc) is 2.13. The Kier molecular flexibility index (Phi) is 1.14. The fourth-order valence-electron chi connectivity index (χ4n) is 0.526. The highest BCUT2D eigenvalue weighted by atomic mass is 16.3. The van der Waals surface area contributed by atoms with Crippen LogP contribution >= 0.6 is 0 Å². The minimum atomic E-state index is -0.0683.